The lowest BCUT2D eigenvalue weighted by Gasteiger charge is -2.08. The Labute approximate surface area is 176 Å². The largest absolute Gasteiger partial charge is 0.435 e. The molecular weight excluding hydrogens is 409 g/mol. The Hall–Kier alpha value is -3.88. The molecule has 0 aliphatic carbocycles. The molecule has 6 nitrogen and oxygen atoms in total. The van der Waals surface area contributed by atoms with Crippen molar-refractivity contribution in [3.63, 3.8) is 0 Å². The van der Waals surface area contributed by atoms with Crippen LogP contribution in [0.1, 0.15) is 27.2 Å². The molecule has 3 rings (SSSR count). The lowest BCUT2D eigenvalue weighted by atomic mass is 10.1. The molecule has 0 bridgehead atoms. The van der Waals surface area contributed by atoms with Gasteiger partial charge in [-0.3, -0.25) is 9.59 Å². The van der Waals surface area contributed by atoms with E-state index in [0.717, 1.165) is 21.9 Å². The van der Waals surface area contributed by atoms with E-state index in [4.69, 9.17) is 0 Å². The second kappa shape index (κ2) is 9.29. The summed E-state index contributed by atoms with van der Waals surface area (Å²) >= 11 is 0. The number of aromatic nitrogens is 2. The van der Waals surface area contributed by atoms with Gasteiger partial charge < -0.3 is 10.6 Å². The molecule has 31 heavy (non-hydrogen) atoms. The average molecular weight is 428 g/mol. The summed E-state index contributed by atoms with van der Waals surface area (Å²) < 4.78 is 39.1. The number of amides is 2. The number of hydrogen-bond acceptors (Lipinski definition) is 3. The highest BCUT2D eigenvalue weighted by Crippen LogP contribution is 2.27. The van der Waals surface area contributed by atoms with Crippen LogP contribution < -0.4 is 10.6 Å². The molecule has 0 saturated heterocycles. The third kappa shape index (κ3) is 5.81. The second-order valence-corrected chi connectivity index (χ2v) is 6.61. The number of alkyl halides is 3. The molecule has 0 fully saturated rings. The van der Waals surface area contributed by atoms with E-state index in [0.29, 0.717) is 17.8 Å². The van der Waals surface area contributed by atoms with Gasteiger partial charge in [-0.15, -0.1) is 0 Å². The number of carbonyl (C=O) groups excluding carboxylic acids is 2. The Morgan fingerprint density at radius 3 is 2.06 bits per heavy atom. The molecule has 0 spiro atoms. The molecule has 2 aromatic carbocycles. The van der Waals surface area contributed by atoms with Crippen molar-refractivity contribution in [3.8, 4) is 5.69 Å². The van der Waals surface area contributed by atoms with Crippen LogP contribution in [0.15, 0.2) is 73.4 Å². The zero-order valence-electron chi connectivity index (χ0n) is 16.3. The number of carbonyl (C=O) groups is 2. The Morgan fingerprint density at radius 2 is 1.52 bits per heavy atom. The third-order valence-corrected chi connectivity index (χ3v) is 4.40. The quantitative estimate of drug-likeness (QED) is 0.565. The van der Waals surface area contributed by atoms with E-state index in [1.165, 1.54) is 12.3 Å². The molecule has 0 aliphatic heterocycles. The molecule has 0 unspecified atom stereocenters. The lowest BCUT2D eigenvalue weighted by Crippen LogP contribution is -2.23. The van der Waals surface area contributed by atoms with E-state index in [1.807, 2.05) is 0 Å². The summed E-state index contributed by atoms with van der Waals surface area (Å²) in [5.74, 6) is -0.547. The highest BCUT2D eigenvalue weighted by Gasteiger charge is 2.33. The monoisotopic (exact) mass is 428 g/mol. The average Bonchev–Trinajstić information content (AvgIpc) is 3.27. The lowest BCUT2D eigenvalue weighted by molar-refractivity contribution is -0.141. The van der Waals surface area contributed by atoms with E-state index in [1.54, 1.807) is 48.5 Å². The number of nitrogens with zero attached hydrogens (tertiary/aromatic N) is 2. The van der Waals surface area contributed by atoms with Crippen LogP contribution in [-0.2, 0) is 24.1 Å². The van der Waals surface area contributed by atoms with Crippen LogP contribution in [-0.4, -0.2) is 21.6 Å². The van der Waals surface area contributed by atoms with Gasteiger partial charge in [-0.2, -0.15) is 18.3 Å². The van der Waals surface area contributed by atoms with Gasteiger partial charge in [-0.1, -0.05) is 30.8 Å². The summed E-state index contributed by atoms with van der Waals surface area (Å²) in [6.45, 7) is 3.96. The Balaban J connectivity index is 1.55. The molecular formula is C22H19F3N4O2. The van der Waals surface area contributed by atoms with Crippen molar-refractivity contribution in [2.24, 2.45) is 0 Å². The predicted molar refractivity (Wildman–Crippen MR) is 108 cm³/mol. The summed E-state index contributed by atoms with van der Waals surface area (Å²) in [7, 11) is 0. The fourth-order valence-corrected chi connectivity index (χ4v) is 2.71. The first-order valence-electron chi connectivity index (χ1n) is 9.26. The van der Waals surface area contributed by atoms with Crippen molar-refractivity contribution in [3.05, 3.63) is 95.8 Å². The number of halogens is 3. The first-order chi connectivity index (χ1) is 14.8. The van der Waals surface area contributed by atoms with Gasteiger partial charge in [0.25, 0.3) is 5.91 Å². The van der Waals surface area contributed by atoms with Crippen molar-refractivity contribution in [1.29, 1.82) is 0 Å². The summed E-state index contributed by atoms with van der Waals surface area (Å²) in [4.78, 5) is 23.5. The van der Waals surface area contributed by atoms with Crippen molar-refractivity contribution >= 4 is 11.8 Å². The Morgan fingerprint density at radius 1 is 0.935 bits per heavy atom. The van der Waals surface area contributed by atoms with Crippen LogP contribution >= 0.6 is 0 Å². The van der Waals surface area contributed by atoms with Gasteiger partial charge in [0.05, 0.1) is 5.69 Å². The van der Waals surface area contributed by atoms with E-state index < -0.39 is 11.9 Å². The minimum absolute atomic E-state index is 0.253. The van der Waals surface area contributed by atoms with Crippen molar-refractivity contribution < 1.29 is 22.8 Å². The van der Waals surface area contributed by atoms with E-state index in [2.05, 4.69) is 22.3 Å². The number of nitrogens with one attached hydrogen (secondary N) is 2. The first kappa shape index (κ1) is 21.8. The molecule has 9 heteroatoms. The van der Waals surface area contributed by atoms with Gasteiger partial charge in [-0.05, 0) is 47.5 Å². The summed E-state index contributed by atoms with van der Waals surface area (Å²) in [6.07, 6.45) is -2.07. The standard InChI is InChI=1S/C22H19F3N4O2/c1-2-20(30)26-13-15-3-7-17(8-4-15)21(31)27-14-16-5-9-18(10-6-16)29-12-11-19(28-29)22(23,24)25/h2-12H,1,13-14H2,(H,26,30)(H,27,31). The molecule has 0 atom stereocenters. The van der Waals surface area contributed by atoms with Crippen LogP contribution in [0, 0.1) is 0 Å². The molecule has 0 saturated carbocycles. The Bertz CT molecular complexity index is 1070. The van der Waals surface area contributed by atoms with Gasteiger partial charge in [0, 0.05) is 24.8 Å². The Kier molecular flexibility index (Phi) is 6.54. The summed E-state index contributed by atoms with van der Waals surface area (Å²) in [5.41, 5.74) is 1.60. The van der Waals surface area contributed by atoms with Crippen molar-refractivity contribution in [2.75, 3.05) is 0 Å². The third-order valence-electron chi connectivity index (χ3n) is 4.40. The molecule has 0 aliphatic rings. The highest BCUT2D eigenvalue weighted by molar-refractivity contribution is 5.94. The van der Waals surface area contributed by atoms with Crippen LogP contribution in [0.25, 0.3) is 5.69 Å². The summed E-state index contributed by atoms with van der Waals surface area (Å²) in [5, 5.41) is 8.96. The number of rotatable bonds is 7. The zero-order valence-corrected chi connectivity index (χ0v) is 16.3. The molecule has 2 amide bonds. The smallest absolute Gasteiger partial charge is 0.348 e. The minimum Gasteiger partial charge on any atom is -0.348 e. The number of benzene rings is 2. The fourth-order valence-electron chi connectivity index (χ4n) is 2.71. The highest BCUT2D eigenvalue weighted by atomic mass is 19.4. The van der Waals surface area contributed by atoms with E-state index in [-0.39, 0.29) is 18.4 Å². The van der Waals surface area contributed by atoms with Gasteiger partial charge >= 0.3 is 6.18 Å². The normalized spacial score (nSPS) is 11.1. The molecule has 160 valence electrons. The van der Waals surface area contributed by atoms with Gasteiger partial charge in [0.1, 0.15) is 0 Å². The van der Waals surface area contributed by atoms with Crippen LogP contribution in [0.4, 0.5) is 13.2 Å². The van der Waals surface area contributed by atoms with Crippen molar-refractivity contribution in [1.82, 2.24) is 20.4 Å². The number of hydrogen-bond donors (Lipinski definition) is 2. The van der Waals surface area contributed by atoms with E-state index >= 15 is 0 Å². The van der Waals surface area contributed by atoms with Gasteiger partial charge in [-0.25, -0.2) is 4.68 Å². The first-order valence-corrected chi connectivity index (χ1v) is 9.26. The van der Waals surface area contributed by atoms with E-state index in [9.17, 15) is 22.8 Å². The van der Waals surface area contributed by atoms with Crippen LogP contribution in [0.3, 0.4) is 0 Å². The van der Waals surface area contributed by atoms with Crippen molar-refractivity contribution in [2.45, 2.75) is 19.3 Å². The van der Waals surface area contributed by atoms with Gasteiger partial charge in [0.2, 0.25) is 5.91 Å². The SMILES string of the molecule is C=CC(=O)NCc1ccc(C(=O)NCc2ccc(-n3ccc(C(F)(F)F)n3)cc2)cc1. The molecule has 0 radical (unpaired) electrons. The summed E-state index contributed by atoms with van der Waals surface area (Å²) in [6, 6.07) is 14.4. The molecule has 2 N–H and O–H groups in total. The topological polar surface area (TPSA) is 76.0 Å². The van der Waals surface area contributed by atoms with Gasteiger partial charge in [0.15, 0.2) is 5.69 Å². The molecule has 1 heterocycles. The maximum atomic E-state index is 12.7. The van der Waals surface area contributed by atoms with Crippen LogP contribution in [0.5, 0.6) is 0 Å². The molecule has 3 aromatic rings. The maximum Gasteiger partial charge on any atom is 0.435 e. The second-order valence-electron chi connectivity index (χ2n) is 6.61. The predicted octanol–water partition coefficient (Wildman–Crippen LogP) is 3.62. The van der Waals surface area contributed by atoms with Crippen LogP contribution in [0.2, 0.25) is 0 Å². The minimum atomic E-state index is -4.49. The zero-order chi connectivity index (χ0) is 22.4. The molecule has 1 aromatic heterocycles. The fraction of sp³-hybridized carbons (Fsp3) is 0.136. The maximum absolute atomic E-state index is 12.7.